The van der Waals surface area contributed by atoms with E-state index in [9.17, 15) is 14.9 Å². The van der Waals surface area contributed by atoms with Gasteiger partial charge in [0.05, 0.1) is 10.5 Å². The number of nitro benzene ring substituents is 1. The van der Waals surface area contributed by atoms with Gasteiger partial charge in [-0.15, -0.1) is 0 Å². The summed E-state index contributed by atoms with van der Waals surface area (Å²) in [5.74, 6) is -0.487. The summed E-state index contributed by atoms with van der Waals surface area (Å²) in [5, 5.41) is 11.0. The Hall–Kier alpha value is -2.63. The highest BCUT2D eigenvalue weighted by atomic mass is 16.6. The van der Waals surface area contributed by atoms with Crippen molar-refractivity contribution in [3.8, 4) is 11.3 Å². The first-order valence-corrected chi connectivity index (χ1v) is 7.67. The monoisotopic (exact) mass is 315 g/mol. The number of aromatic nitrogens is 1. The number of benzene rings is 1. The summed E-state index contributed by atoms with van der Waals surface area (Å²) in [6, 6.07) is 8.38. The molecule has 0 saturated heterocycles. The van der Waals surface area contributed by atoms with Crippen LogP contribution in [0, 0.1) is 17.0 Å². The highest BCUT2D eigenvalue weighted by Crippen LogP contribution is 2.33. The zero-order valence-corrected chi connectivity index (χ0v) is 13.6. The molecule has 0 saturated carbocycles. The molecule has 0 aliphatic heterocycles. The normalized spacial score (nSPS) is 11.0. The lowest BCUT2D eigenvalue weighted by molar-refractivity contribution is -0.384. The zero-order chi connectivity index (χ0) is 17.1. The third-order valence-corrected chi connectivity index (χ3v) is 4.22. The largest absolute Gasteiger partial charge is 0.366 e. The van der Waals surface area contributed by atoms with E-state index in [1.165, 1.54) is 12.1 Å². The number of primary amides is 1. The van der Waals surface area contributed by atoms with E-state index in [1.807, 2.05) is 13.0 Å². The van der Waals surface area contributed by atoms with Gasteiger partial charge in [-0.3, -0.25) is 14.9 Å². The molecule has 0 fully saturated rings. The van der Waals surface area contributed by atoms with Crippen molar-refractivity contribution >= 4 is 11.6 Å². The molecule has 2 rings (SSSR count). The van der Waals surface area contributed by atoms with E-state index in [0.717, 1.165) is 24.2 Å². The topological polar surface area (TPSA) is 91.2 Å². The average Bonchev–Trinajstić information content (AvgIpc) is 2.87. The Kier molecular flexibility index (Phi) is 4.83. The van der Waals surface area contributed by atoms with Crippen LogP contribution in [0.1, 0.15) is 48.8 Å². The van der Waals surface area contributed by atoms with Gasteiger partial charge in [0.25, 0.3) is 11.6 Å². The first-order chi connectivity index (χ1) is 10.9. The average molecular weight is 315 g/mol. The molecular weight excluding hydrogens is 294 g/mol. The zero-order valence-electron chi connectivity index (χ0n) is 13.6. The van der Waals surface area contributed by atoms with Crippen LogP contribution in [-0.4, -0.2) is 15.4 Å². The molecule has 0 spiro atoms. The van der Waals surface area contributed by atoms with Gasteiger partial charge < -0.3 is 10.3 Å². The lowest BCUT2D eigenvalue weighted by atomic mass is 10.1. The number of amides is 1. The molecule has 2 N–H and O–H groups in total. The molecule has 6 nitrogen and oxygen atoms in total. The van der Waals surface area contributed by atoms with E-state index < -0.39 is 10.8 Å². The molecule has 0 aliphatic carbocycles. The molecule has 1 heterocycles. The molecule has 2 aromatic rings. The smallest absolute Gasteiger partial charge is 0.270 e. The Morgan fingerprint density at radius 1 is 1.30 bits per heavy atom. The molecule has 1 aromatic carbocycles. The van der Waals surface area contributed by atoms with E-state index in [-0.39, 0.29) is 11.7 Å². The van der Waals surface area contributed by atoms with E-state index in [1.54, 1.807) is 12.1 Å². The second-order valence-corrected chi connectivity index (χ2v) is 5.54. The summed E-state index contributed by atoms with van der Waals surface area (Å²) >= 11 is 0. The van der Waals surface area contributed by atoms with Crippen LogP contribution in [-0.2, 0) is 0 Å². The summed E-state index contributed by atoms with van der Waals surface area (Å²) in [5.41, 5.74) is 8.25. The number of rotatable bonds is 6. The second kappa shape index (κ2) is 6.64. The number of carbonyl (C=O) groups is 1. The summed E-state index contributed by atoms with van der Waals surface area (Å²) in [4.78, 5) is 22.3. The molecule has 6 heteroatoms. The minimum atomic E-state index is -0.487. The van der Waals surface area contributed by atoms with Gasteiger partial charge in [0.15, 0.2) is 0 Å². The maximum absolute atomic E-state index is 11.7. The first-order valence-electron chi connectivity index (χ1n) is 7.67. The SMILES string of the molecule is CCC(CC)n1c(-c2cccc([N+](=O)[O-])c2)cc(C(N)=O)c1C. The molecule has 0 atom stereocenters. The number of carbonyl (C=O) groups excluding carboxylic acids is 1. The van der Waals surface area contributed by atoms with Gasteiger partial charge in [-0.05, 0) is 25.8 Å². The van der Waals surface area contributed by atoms with Gasteiger partial charge in [0, 0.05) is 35.1 Å². The quantitative estimate of drug-likeness (QED) is 0.648. The number of nitrogens with zero attached hydrogens (tertiary/aromatic N) is 2. The van der Waals surface area contributed by atoms with Crippen LogP contribution >= 0.6 is 0 Å². The predicted octanol–water partition coefficient (Wildman–Crippen LogP) is 3.83. The van der Waals surface area contributed by atoms with Crippen LogP contribution in [0.4, 0.5) is 5.69 Å². The van der Waals surface area contributed by atoms with Crippen molar-refractivity contribution in [2.75, 3.05) is 0 Å². The van der Waals surface area contributed by atoms with Crippen LogP contribution < -0.4 is 5.73 Å². The summed E-state index contributed by atoms with van der Waals surface area (Å²) in [7, 11) is 0. The van der Waals surface area contributed by atoms with Crippen LogP contribution in [0.15, 0.2) is 30.3 Å². The van der Waals surface area contributed by atoms with Gasteiger partial charge in [-0.25, -0.2) is 0 Å². The number of nitrogens with two attached hydrogens (primary N) is 1. The third kappa shape index (κ3) is 3.11. The Morgan fingerprint density at radius 3 is 2.48 bits per heavy atom. The second-order valence-electron chi connectivity index (χ2n) is 5.54. The number of non-ortho nitro benzene ring substituents is 1. The molecule has 122 valence electrons. The minimum Gasteiger partial charge on any atom is -0.366 e. The Labute approximate surface area is 135 Å². The molecular formula is C17H21N3O3. The Morgan fingerprint density at radius 2 is 1.96 bits per heavy atom. The lowest BCUT2D eigenvalue weighted by Crippen LogP contribution is -2.14. The van der Waals surface area contributed by atoms with Crippen molar-refractivity contribution in [1.29, 1.82) is 0 Å². The van der Waals surface area contributed by atoms with Gasteiger partial charge in [0.1, 0.15) is 0 Å². The lowest BCUT2D eigenvalue weighted by Gasteiger charge is -2.21. The molecule has 0 radical (unpaired) electrons. The molecule has 0 aliphatic rings. The molecule has 1 aromatic heterocycles. The fourth-order valence-electron chi connectivity index (χ4n) is 3.00. The van der Waals surface area contributed by atoms with Crippen molar-refractivity contribution < 1.29 is 9.72 Å². The van der Waals surface area contributed by atoms with Crippen LogP contribution in [0.25, 0.3) is 11.3 Å². The Balaban J connectivity index is 2.70. The van der Waals surface area contributed by atoms with Crippen LogP contribution in [0.2, 0.25) is 0 Å². The van der Waals surface area contributed by atoms with Gasteiger partial charge in [0.2, 0.25) is 0 Å². The standard InChI is InChI=1S/C17H21N3O3/c1-4-13(5-2)19-11(3)15(17(18)21)10-16(19)12-7-6-8-14(9-12)20(22)23/h6-10,13H,4-5H2,1-3H3,(H2,18,21). The third-order valence-electron chi connectivity index (χ3n) is 4.22. The number of nitro groups is 1. The maximum Gasteiger partial charge on any atom is 0.270 e. The first kappa shape index (κ1) is 16.7. The summed E-state index contributed by atoms with van der Waals surface area (Å²) in [6.07, 6.45) is 1.79. The van der Waals surface area contributed by atoms with Crippen molar-refractivity contribution in [1.82, 2.24) is 4.57 Å². The van der Waals surface area contributed by atoms with E-state index in [0.29, 0.717) is 11.1 Å². The van der Waals surface area contributed by atoms with Gasteiger partial charge in [-0.2, -0.15) is 0 Å². The fraction of sp³-hybridized carbons (Fsp3) is 0.353. The minimum absolute atomic E-state index is 0.0260. The van der Waals surface area contributed by atoms with Gasteiger partial charge in [-0.1, -0.05) is 26.0 Å². The highest BCUT2D eigenvalue weighted by molar-refractivity contribution is 5.95. The predicted molar refractivity (Wildman–Crippen MR) is 89.4 cm³/mol. The van der Waals surface area contributed by atoms with E-state index in [2.05, 4.69) is 18.4 Å². The molecule has 0 bridgehead atoms. The van der Waals surface area contributed by atoms with E-state index in [4.69, 9.17) is 5.73 Å². The van der Waals surface area contributed by atoms with Gasteiger partial charge >= 0.3 is 0 Å². The maximum atomic E-state index is 11.7. The molecule has 0 unspecified atom stereocenters. The van der Waals surface area contributed by atoms with Crippen molar-refractivity contribution in [3.05, 3.63) is 51.7 Å². The van der Waals surface area contributed by atoms with E-state index >= 15 is 0 Å². The van der Waals surface area contributed by atoms with Crippen LogP contribution in [0.3, 0.4) is 0 Å². The van der Waals surface area contributed by atoms with Crippen molar-refractivity contribution in [2.45, 2.75) is 39.7 Å². The number of hydrogen-bond acceptors (Lipinski definition) is 3. The molecule has 1 amide bonds. The highest BCUT2D eigenvalue weighted by Gasteiger charge is 2.21. The summed E-state index contributed by atoms with van der Waals surface area (Å²) in [6.45, 7) is 6.02. The fourth-order valence-corrected chi connectivity index (χ4v) is 3.00. The van der Waals surface area contributed by atoms with Crippen molar-refractivity contribution in [3.63, 3.8) is 0 Å². The number of hydrogen-bond donors (Lipinski definition) is 1. The van der Waals surface area contributed by atoms with Crippen molar-refractivity contribution in [2.24, 2.45) is 5.73 Å². The van der Waals surface area contributed by atoms with Crippen LogP contribution in [0.5, 0.6) is 0 Å². The Bertz CT molecular complexity index is 746. The summed E-state index contributed by atoms with van der Waals surface area (Å²) < 4.78 is 2.07. The molecule has 23 heavy (non-hydrogen) atoms.